The summed E-state index contributed by atoms with van der Waals surface area (Å²) in [6, 6.07) is 6.09. The quantitative estimate of drug-likeness (QED) is 0.726. The molecule has 0 aliphatic heterocycles. The predicted molar refractivity (Wildman–Crippen MR) is 92.4 cm³/mol. The fourth-order valence-electron chi connectivity index (χ4n) is 3.27. The van der Waals surface area contributed by atoms with Crippen LogP contribution in [0.3, 0.4) is 0 Å². The summed E-state index contributed by atoms with van der Waals surface area (Å²) in [5.41, 5.74) is 1.58. The molecule has 4 rings (SSSR count). The van der Waals surface area contributed by atoms with Gasteiger partial charge in [-0.1, -0.05) is 6.92 Å². The van der Waals surface area contributed by atoms with Crippen LogP contribution in [0.2, 0.25) is 0 Å². The zero-order valence-electron chi connectivity index (χ0n) is 14.4. The molecule has 4 nitrogen and oxygen atoms in total. The van der Waals surface area contributed by atoms with Gasteiger partial charge in [0.05, 0.1) is 16.9 Å². The Hall–Kier alpha value is -2.50. The van der Waals surface area contributed by atoms with Crippen molar-refractivity contribution in [1.29, 1.82) is 0 Å². The number of fused-ring (bicyclic) bond motifs is 1. The lowest BCUT2D eigenvalue weighted by Crippen LogP contribution is -2.25. The molecular weight excluding hydrogens is 324 g/mol. The summed E-state index contributed by atoms with van der Waals surface area (Å²) in [7, 11) is 1.58. The zero-order valence-corrected chi connectivity index (χ0v) is 14.4. The molecule has 2 aromatic heterocycles. The van der Waals surface area contributed by atoms with Crippen LogP contribution in [0.1, 0.15) is 25.5 Å². The van der Waals surface area contributed by atoms with E-state index in [1.165, 1.54) is 23.6 Å². The summed E-state index contributed by atoms with van der Waals surface area (Å²) in [6.07, 6.45) is 2.16. The number of aromatic nitrogens is 3. The highest BCUT2D eigenvalue weighted by Gasteiger charge is 2.38. The Morgan fingerprint density at radius 1 is 1.20 bits per heavy atom. The third-order valence-corrected chi connectivity index (χ3v) is 5.18. The van der Waals surface area contributed by atoms with Crippen molar-refractivity contribution in [2.45, 2.75) is 33.2 Å². The third-order valence-electron chi connectivity index (χ3n) is 5.18. The standard InChI is InChI=1S/C19H19F2N3O/c1-11-13(20)5-6-14(22-11)12-4-7-15-17(16(12)21)23(3)18(25)24(15)10-19(2)8-9-19/h4-7H,8-10H2,1-3H3. The van der Waals surface area contributed by atoms with Gasteiger partial charge < -0.3 is 0 Å². The lowest BCUT2D eigenvalue weighted by atomic mass is 10.1. The summed E-state index contributed by atoms with van der Waals surface area (Å²) in [5.74, 6) is -0.934. The van der Waals surface area contributed by atoms with Gasteiger partial charge in [0.2, 0.25) is 0 Å². The van der Waals surface area contributed by atoms with Gasteiger partial charge in [-0.3, -0.25) is 9.13 Å². The molecule has 3 aromatic rings. The first kappa shape index (κ1) is 16.0. The predicted octanol–water partition coefficient (Wildman–Crippen LogP) is 3.79. The van der Waals surface area contributed by atoms with Crippen LogP contribution in [0.25, 0.3) is 22.3 Å². The topological polar surface area (TPSA) is 39.8 Å². The van der Waals surface area contributed by atoms with Crippen LogP contribution >= 0.6 is 0 Å². The normalized spacial score (nSPS) is 15.7. The van der Waals surface area contributed by atoms with Gasteiger partial charge in [0.15, 0.2) is 5.82 Å². The number of aryl methyl sites for hydroxylation is 2. The number of halogens is 2. The molecule has 1 aliphatic carbocycles. The first-order valence-corrected chi connectivity index (χ1v) is 8.32. The van der Waals surface area contributed by atoms with Crippen molar-refractivity contribution in [2.75, 3.05) is 0 Å². The number of hydrogen-bond donors (Lipinski definition) is 0. The second-order valence-corrected chi connectivity index (χ2v) is 7.30. The summed E-state index contributed by atoms with van der Waals surface area (Å²) >= 11 is 0. The van der Waals surface area contributed by atoms with Crippen molar-refractivity contribution in [3.63, 3.8) is 0 Å². The number of benzene rings is 1. The molecule has 130 valence electrons. The molecule has 0 radical (unpaired) electrons. The Kier molecular flexibility index (Phi) is 3.36. The van der Waals surface area contributed by atoms with E-state index < -0.39 is 11.6 Å². The van der Waals surface area contributed by atoms with Crippen molar-refractivity contribution in [3.05, 3.63) is 52.1 Å². The van der Waals surface area contributed by atoms with Gasteiger partial charge in [0.1, 0.15) is 11.3 Å². The number of rotatable bonds is 3. The molecule has 25 heavy (non-hydrogen) atoms. The first-order chi connectivity index (χ1) is 11.8. The fraction of sp³-hybridized carbons (Fsp3) is 0.368. The van der Waals surface area contributed by atoms with Gasteiger partial charge >= 0.3 is 5.69 Å². The Bertz CT molecular complexity index is 1060. The zero-order chi connectivity index (χ0) is 17.9. The third kappa shape index (κ3) is 2.47. The Morgan fingerprint density at radius 2 is 1.92 bits per heavy atom. The Morgan fingerprint density at radius 3 is 2.56 bits per heavy atom. The molecule has 6 heteroatoms. The molecule has 0 unspecified atom stereocenters. The maximum atomic E-state index is 15.2. The van der Waals surface area contributed by atoms with Crippen LogP contribution in [-0.2, 0) is 13.6 Å². The highest BCUT2D eigenvalue weighted by atomic mass is 19.1. The van der Waals surface area contributed by atoms with E-state index in [2.05, 4.69) is 11.9 Å². The van der Waals surface area contributed by atoms with Crippen LogP contribution < -0.4 is 5.69 Å². The molecule has 0 bridgehead atoms. The van der Waals surface area contributed by atoms with Crippen LogP contribution in [0, 0.1) is 24.0 Å². The van der Waals surface area contributed by atoms with Gasteiger partial charge in [-0.25, -0.2) is 18.6 Å². The summed E-state index contributed by atoms with van der Waals surface area (Å²) in [6.45, 7) is 4.27. The minimum atomic E-state index is -0.504. The largest absolute Gasteiger partial charge is 0.328 e. The number of imidazole rings is 1. The fourth-order valence-corrected chi connectivity index (χ4v) is 3.27. The van der Waals surface area contributed by atoms with E-state index in [-0.39, 0.29) is 27.9 Å². The number of pyridine rings is 1. The van der Waals surface area contributed by atoms with E-state index in [1.807, 2.05) is 0 Å². The average molecular weight is 343 g/mol. The molecule has 1 aliphatic rings. The molecule has 1 fully saturated rings. The highest BCUT2D eigenvalue weighted by Crippen LogP contribution is 2.46. The SMILES string of the molecule is Cc1nc(-c2ccc3c(c2F)n(C)c(=O)n3CC2(C)CC2)ccc1F. The number of nitrogens with zero attached hydrogens (tertiary/aromatic N) is 3. The molecule has 0 amide bonds. The number of hydrogen-bond acceptors (Lipinski definition) is 2. The molecule has 1 aromatic carbocycles. The van der Waals surface area contributed by atoms with Gasteiger partial charge in [-0.05, 0) is 49.4 Å². The minimum Gasteiger partial charge on any atom is -0.292 e. The lowest BCUT2D eigenvalue weighted by Gasteiger charge is -2.10. The monoisotopic (exact) mass is 343 g/mol. The van der Waals surface area contributed by atoms with Gasteiger partial charge in [0, 0.05) is 19.2 Å². The minimum absolute atomic E-state index is 0.128. The first-order valence-electron chi connectivity index (χ1n) is 8.32. The molecule has 0 saturated heterocycles. The molecule has 2 heterocycles. The van der Waals surface area contributed by atoms with Gasteiger partial charge in [0.25, 0.3) is 0 Å². The maximum Gasteiger partial charge on any atom is 0.328 e. The van der Waals surface area contributed by atoms with Crippen molar-refractivity contribution in [2.24, 2.45) is 12.5 Å². The Labute approximate surface area is 143 Å². The van der Waals surface area contributed by atoms with Crippen LogP contribution in [0.5, 0.6) is 0 Å². The van der Waals surface area contributed by atoms with E-state index in [0.717, 1.165) is 12.8 Å². The summed E-state index contributed by atoms with van der Waals surface area (Å²) in [5, 5.41) is 0. The van der Waals surface area contributed by atoms with Crippen molar-refractivity contribution < 1.29 is 8.78 Å². The van der Waals surface area contributed by atoms with E-state index >= 15 is 4.39 Å². The van der Waals surface area contributed by atoms with Crippen LogP contribution in [-0.4, -0.2) is 14.1 Å². The maximum absolute atomic E-state index is 15.2. The average Bonchev–Trinajstić information content (AvgIpc) is 3.26. The van der Waals surface area contributed by atoms with Gasteiger partial charge in [-0.2, -0.15) is 0 Å². The van der Waals surface area contributed by atoms with E-state index in [9.17, 15) is 9.18 Å². The molecule has 0 atom stereocenters. The molecular formula is C19H19F2N3O. The summed E-state index contributed by atoms with van der Waals surface area (Å²) in [4.78, 5) is 16.7. The lowest BCUT2D eigenvalue weighted by molar-refractivity contribution is 0.460. The van der Waals surface area contributed by atoms with E-state index in [1.54, 1.807) is 23.7 Å². The highest BCUT2D eigenvalue weighted by molar-refractivity contribution is 5.83. The Balaban J connectivity index is 1.92. The molecule has 1 saturated carbocycles. The smallest absolute Gasteiger partial charge is 0.292 e. The van der Waals surface area contributed by atoms with Crippen molar-refractivity contribution in [1.82, 2.24) is 14.1 Å². The summed E-state index contributed by atoms with van der Waals surface area (Å²) < 4.78 is 31.6. The van der Waals surface area contributed by atoms with E-state index in [0.29, 0.717) is 17.8 Å². The second-order valence-electron chi connectivity index (χ2n) is 7.30. The molecule has 0 N–H and O–H groups in total. The molecule has 0 spiro atoms. The van der Waals surface area contributed by atoms with Crippen LogP contribution in [0.4, 0.5) is 8.78 Å². The van der Waals surface area contributed by atoms with Crippen molar-refractivity contribution in [3.8, 4) is 11.3 Å². The van der Waals surface area contributed by atoms with Crippen molar-refractivity contribution >= 4 is 11.0 Å². The van der Waals surface area contributed by atoms with Gasteiger partial charge in [-0.15, -0.1) is 0 Å². The van der Waals surface area contributed by atoms with Crippen LogP contribution in [0.15, 0.2) is 29.1 Å². The van der Waals surface area contributed by atoms with E-state index in [4.69, 9.17) is 0 Å². The second kappa shape index (κ2) is 5.25.